The van der Waals surface area contributed by atoms with Crippen LogP contribution in [0.3, 0.4) is 0 Å². The average molecular weight is 373 g/mol. The third-order valence-electron chi connectivity index (χ3n) is 4.91. The van der Waals surface area contributed by atoms with Gasteiger partial charge in [-0.2, -0.15) is 0 Å². The van der Waals surface area contributed by atoms with Crippen LogP contribution in [0.1, 0.15) is 123 Å². The molecular formula is C22H45O2P. The highest BCUT2D eigenvalue weighted by Crippen LogP contribution is 2.15. The smallest absolute Gasteiger partial charge is 0.312 e. The molecule has 3 heteroatoms. The fourth-order valence-corrected chi connectivity index (χ4v) is 3.46. The summed E-state index contributed by atoms with van der Waals surface area (Å²) in [4.78, 5) is 11.9. The van der Waals surface area contributed by atoms with Gasteiger partial charge in [0.25, 0.3) is 0 Å². The molecule has 0 N–H and O–H groups in total. The molecule has 0 spiro atoms. The van der Waals surface area contributed by atoms with Gasteiger partial charge in [0.1, 0.15) is 0 Å². The lowest BCUT2D eigenvalue weighted by Crippen LogP contribution is -2.18. The van der Waals surface area contributed by atoms with Gasteiger partial charge in [0, 0.05) is 0 Å². The number of carbonyl (C=O) groups is 1. The summed E-state index contributed by atoms with van der Waals surface area (Å²) in [6, 6.07) is 0. The van der Waals surface area contributed by atoms with Crippen LogP contribution in [0.15, 0.2) is 0 Å². The summed E-state index contributed by atoms with van der Waals surface area (Å²) in [5, 5.41) is 0. The molecule has 0 aromatic carbocycles. The monoisotopic (exact) mass is 372 g/mol. The number of rotatable bonds is 19. The molecule has 0 saturated heterocycles. The van der Waals surface area contributed by atoms with E-state index in [1.807, 2.05) is 0 Å². The van der Waals surface area contributed by atoms with Gasteiger partial charge in [0.15, 0.2) is 0 Å². The van der Waals surface area contributed by atoms with Crippen molar-refractivity contribution in [2.45, 2.75) is 129 Å². The number of hydrogen-bond donors (Lipinski definition) is 0. The average Bonchev–Trinajstić information content (AvgIpc) is 2.62. The molecule has 0 aromatic heterocycles. The first-order valence-electron chi connectivity index (χ1n) is 11.1. The minimum Gasteiger partial charge on any atom is -0.465 e. The molecule has 0 saturated carbocycles. The van der Waals surface area contributed by atoms with Crippen molar-refractivity contribution in [2.75, 3.05) is 6.61 Å². The second kappa shape index (κ2) is 20.2. The lowest BCUT2D eigenvalue weighted by molar-refractivity contribution is -0.143. The Kier molecular flexibility index (Phi) is 20.1. The van der Waals surface area contributed by atoms with Crippen molar-refractivity contribution in [3.05, 3.63) is 0 Å². The maximum absolute atomic E-state index is 11.9. The van der Waals surface area contributed by atoms with Crippen molar-refractivity contribution in [1.82, 2.24) is 0 Å². The molecule has 2 nitrogen and oxygen atoms in total. The molecule has 2 unspecified atom stereocenters. The molecule has 0 aromatic rings. The van der Waals surface area contributed by atoms with E-state index in [-0.39, 0.29) is 11.6 Å². The predicted octanol–water partition coefficient (Wildman–Crippen LogP) is 7.44. The van der Waals surface area contributed by atoms with E-state index in [9.17, 15) is 4.79 Å². The highest BCUT2D eigenvalue weighted by Gasteiger charge is 2.13. The van der Waals surface area contributed by atoms with Gasteiger partial charge in [0.2, 0.25) is 0 Å². The van der Waals surface area contributed by atoms with Crippen LogP contribution in [0, 0.1) is 0 Å². The number of ether oxygens (including phenoxy) is 1. The summed E-state index contributed by atoms with van der Waals surface area (Å²) in [5.74, 6) is -0.0235. The van der Waals surface area contributed by atoms with Crippen molar-refractivity contribution < 1.29 is 9.53 Å². The van der Waals surface area contributed by atoms with E-state index in [1.165, 1.54) is 89.9 Å². The zero-order chi connectivity index (χ0) is 18.6. The van der Waals surface area contributed by atoms with E-state index in [0.717, 1.165) is 19.3 Å². The summed E-state index contributed by atoms with van der Waals surface area (Å²) in [6.45, 7) is 5.09. The van der Waals surface area contributed by atoms with Crippen molar-refractivity contribution in [2.24, 2.45) is 0 Å². The lowest BCUT2D eigenvalue weighted by atomic mass is 10.1. The molecule has 0 heterocycles. The van der Waals surface area contributed by atoms with Crippen LogP contribution in [0.4, 0.5) is 0 Å². The molecular weight excluding hydrogens is 327 g/mol. The van der Waals surface area contributed by atoms with E-state index < -0.39 is 0 Å². The van der Waals surface area contributed by atoms with Gasteiger partial charge >= 0.3 is 5.97 Å². The maximum atomic E-state index is 11.9. The molecule has 0 fully saturated rings. The quantitative estimate of drug-likeness (QED) is 0.134. The van der Waals surface area contributed by atoms with E-state index in [1.54, 1.807) is 0 Å². The number of hydrogen-bond acceptors (Lipinski definition) is 2. The Labute approximate surface area is 160 Å². The van der Waals surface area contributed by atoms with Crippen LogP contribution in [-0.4, -0.2) is 18.2 Å². The van der Waals surface area contributed by atoms with Gasteiger partial charge in [0.05, 0.1) is 12.3 Å². The van der Waals surface area contributed by atoms with E-state index in [2.05, 4.69) is 23.1 Å². The summed E-state index contributed by atoms with van der Waals surface area (Å²) in [7, 11) is 2.65. The van der Waals surface area contributed by atoms with Gasteiger partial charge in [-0.15, -0.1) is 9.24 Å². The summed E-state index contributed by atoms with van der Waals surface area (Å²) in [6.07, 6.45) is 21.9. The molecule has 0 bridgehead atoms. The van der Waals surface area contributed by atoms with E-state index in [4.69, 9.17) is 4.74 Å². The van der Waals surface area contributed by atoms with Crippen molar-refractivity contribution in [1.29, 1.82) is 0 Å². The summed E-state index contributed by atoms with van der Waals surface area (Å²) in [5.41, 5.74) is -0.00539. The lowest BCUT2D eigenvalue weighted by Gasteiger charge is -2.11. The second-order valence-corrected chi connectivity index (χ2v) is 8.32. The van der Waals surface area contributed by atoms with Gasteiger partial charge in [-0.3, -0.25) is 4.79 Å². The molecule has 150 valence electrons. The first-order valence-corrected chi connectivity index (χ1v) is 11.8. The van der Waals surface area contributed by atoms with Crippen molar-refractivity contribution in [3.63, 3.8) is 0 Å². The highest BCUT2D eigenvalue weighted by molar-refractivity contribution is 7.19. The Morgan fingerprint density at radius 1 is 0.680 bits per heavy atom. The SMILES string of the molecule is CCCCCCCCCCCCCCOC(=O)C(P)CCCCCC. The highest BCUT2D eigenvalue weighted by atomic mass is 31.0. The Morgan fingerprint density at radius 3 is 1.56 bits per heavy atom. The van der Waals surface area contributed by atoms with Gasteiger partial charge in [-0.25, -0.2) is 0 Å². The molecule has 2 atom stereocenters. The molecule has 0 aliphatic heterocycles. The second-order valence-electron chi connectivity index (χ2n) is 7.51. The third-order valence-corrected chi connectivity index (χ3v) is 5.52. The van der Waals surface area contributed by atoms with E-state index in [0.29, 0.717) is 6.61 Å². The first kappa shape index (κ1) is 24.9. The first-order chi connectivity index (χ1) is 12.2. The van der Waals surface area contributed by atoms with Crippen LogP contribution in [0.25, 0.3) is 0 Å². The molecule has 0 aliphatic carbocycles. The Morgan fingerprint density at radius 2 is 1.08 bits per heavy atom. The van der Waals surface area contributed by atoms with Crippen LogP contribution in [0.5, 0.6) is 0 Å². The van der Waals surface area contributed by atoms with Crippen molar-refractivity contribution in [3.8, 4) is 0 Å². The van der Waals surface area contributed by atoms with Crippen molar-refractivity contribution >= 4 is 15.2 Å². The molecule has 25 heavy (non-hydrogen) atoms. The predicted molar refractivity (Wildman–Crippen MR) is 114 cm³/mol. The Hall–Kier alpha value is -0.100. The molecule has 0 amide bonds. The van der Waals surface area contributed by atoms with E-state index >= 15 is 0 Å². The minimum absolute atomic E-state index is 0.00539. The van der Waals surface area contributed by atoms with Gasteiger partial charge in [-0.05, 0) is 12.8 Å². The normalized spacial score (nSPS) is 12.3. The Bertz CT molecular complexity index is 281. The Balaban J connectivity index is 3.25. The zero-order valence-electron chi connectivity index (χ0n) is 17.2. The zero-order valence-corrected chi connectivity index (χ0v) is 18.4. The fraction of sp³-hybridized carbons (Fsp3) is 0.955. The number of esters is 1. The van der Waals surface area contributed by atoms with Crippen LogP contribution >= 0.6 is 9.24 Å². The maximum Gasteiger partial charge on any atom is 0.312 e. The van der Waals surface area contributed by atoms with Gasteiger partial charge in [-0.1, -0.05) is 110 Å². The standard InChI is InChI=1S/C22H45O2P/c1-3-5-7-9-10-11-12-13-14-15-16-18-20-24-22(23)21(25)19-17-8-6-4-2/h21H,3-20,25H2,1-2H3. The largest absolute Gasteiger partial charge is 0.465 e. The summed E-state index contributed by atoms with van der Waals surface area (Å²) >= 11 is 0. The van der Waals surface area contributed by atoms with Crippen LogP contribution in [0.2, 0.25) is 0 Å². The summed E-state index contributed by atoms with van der Waals surface area (Å²) < 4.78 is 5.39. The number of unbranched alkanes of at least 4 members (excludes halogenated alkanes) is 14. The minimum atomic E-state index is -0.0235. The molecule has 0 radical (unpaired) electrons. The fourth-order valence-electron chi connectivity index (χ4n) is 3.13. The molecule has 0 aliphatic rings. The third kappa shape index (κ3) is 18.5. The number of carbonyl (C=O) groups excluding carboxylic acids is 1. The van der Waals surface area contributed by atoms with Gasteiger partial charge < -0.3 is 4.74 Å². The van der Waals surface area contributed by atoms with Crippen LogP contribution < -0.4 is 0 Å². The van der Waals surface area contributed by atoms with Crippen LogP contribution in [-0.2, 0) is 9.53 Å². The topological polar surface area (TPSA) is 26.3 Å². The molecule has 0 rings (SSSR count).